The number of halogens is 1. The first-order chi connectivity index (χ1) is 6.74. The fourth-order valence-corrected chi connectivity index (χ4v) is 1.60. The van der Waals surface area contributed by atoms with Gasteiger partial charge in [-0.25, -0.2) is 0 Å². The topological polar surface area (TPSA) is 26.3 Å². The highest BCUT2D eigenvalue weighted by Crippen LogP contribution is 2.14. The predicted molar refractivity (Wildman–Crippen MR) is 59.6 cm³/mol. The summed E-state index contributed by atoms with van der Waals surface area (Å²) in [6.07, 6.45) is 2.49. The molecule has 0 heterocycles. The molecule has 0 saturated heterocycles. The molecule has 0 saturated carbocycles. The van der Waals surface area contributed by atoms with Gasteiger partial charge >= 0.3 is 0 Å². The van der Waals surface area contributed by atoms with E-state index in [0.29, 0.717) is 12.5 Å². The molecular formula is C10H13ClO2S. The van der Waals surface area contributed by atoms with Crippen molar-refractivity contribution in [2.45, 2.75) is 11.3 Å². The van der Waals surface area contributed by atoms with Crippen molar-refractivity contribution in [2.24, 2.45) is 0 Å². The lowest BCUT2D eigenvalue weighted by molar-refractivity contribution is 0.318. The molecule has 1 rings (SSSR count). The van der Waals surface area contributed by atoms with E-state index in [1.807, 2.05) is 24.3 Å². The Morgan fingerprint density at radius 2 is 2.00 bits per heavy atom. The SMILES string of the molecule is CS(=O)c1ccc(OCCCCl)cc1. The normalized spacial score (nSPS) is 12.4. The molecule has 1 aromatic rings. The fourth-order valence-electron chi connectivity index (χ4n) is 0.972. The molecule has 14 heavy (non-hydrogen) atoms. The summed E-state index contributed by atoms with van der Waals surface area (Å²) in [7, 11) is -0.921. The predicted octanol–water partition coefficient (Wildman–Crippen LogP) is 2.43. The minimum absolute atomic E-state index is 0.608. The van der Waals surface area contributed by atoms with Crippen molar-refractivity contribution in [3.05, 3.63) is 24.3 Å². The monoisotopic (exact) mass is 232 g/mol. The maximum atomic E-state index is 11.1. The van der Waals surface area contributed by atoms with E-state index in [9.17, 15) is 4.21 Å². The van der Waals surface area contributed by atoms with Crippen LogP contribution >= 0.6 is 11.6 Å². The Bertz CT molecular complexity index is 297. The van der Waals surface area contributed by atoms with Crippen molar-refractivity contribution >= 4 is 22.4 Å². The molecule has 0 fully saturated rings. The third-order valence-corrected chi connectivity index (χ3v) is 2.91. The van der Waals surface area contributed by atoms with Crippen molar-refractivity contribution in [3.63, 3.8) is 0 Å². The summed E-state index contributed by atoms with van der Waals surface area (Å²) in [5, 5.41) is 0. The fraction of sp³-hybridized carbons (Fsp3) is 0.400. The van der Waals surface area contributed by atoms with E-state index in [1.54, 1.807) is 6.26 Å². The van der Waals surface area contributed by atoms with Crippen molar-refractivity contribution < 1.29 is 8.95 Å². The Balaban J connectivity index is 2.51. The molecule has 0 amide bonds. The van der Waals surface area contributed by atoms with Crippen LogP contribution in [0, 0.1) is 0 Å². The minimum Gasteiger partial charge on any atom is -0.494 e. The second-order valence-electron chi connectivity index (χ2n) is 2.82. The minimum atomic E-state index is -0.921. The van der Waals surface area contributed by atoms with Crippen LogP contribution < -0.4 is 4.74 Å². The highest BCUT2D eigenvalue weighted by Gasteiger charge is 1.97. The van der Waals surface area contributed by atoms with E-state index >= 15 is 0 Å². The van der Waals surface area contributed by atoms with Crippen LogP contribution in [0.25, 0.3) is 0 Å². The van der Waals surface area contributed by atoms with Gasteiger partial charge in [0.15, 0.2) is 0 Å². The van der Waals surface area contributed by atoms with Gasteiger partial charge in [0, 0.05) is 27.8 Å². The zero-order valence-corrected chi connectivity index (χ0v) is 9.61. The van der Waals surface area contributed by atoms with Gasteiger partial charge in [-0.1, -0.05) is 0 Å². The summed E-state index contributed by atoms with van der Waals surface area (Å²) in [6, 6.07) is 7.27. The number of rotatable bonds is 5. The van der Waals surface area contributed by atoms with Gasteiger partial charge in [0.2, 0.25) is 0 Å². The molecule has 0 aromatic heterocycles. The third kappa shape index (κ3) is 3.68. The van der Waals surface area contributed by atoms with Crippen LogP contribution in [0.4, 0.5) is 0 Å². The van der Waals surface area contributed by atoms with Crippen molar-refractivity contribution in [1.82, 2.24) is 0 Å². The molecule has 0 aliphatic heterocycles. The van der Waals surface area contributed by atoms with E-state index in [1.165, 1.54) is 0 Å². The highest BCUT2D eigenvalue weighted by atomic mass is 35.5. The van der Waals surface area contributed by atoms with Crippen LogP contribution in [0.5, 0.6) is 5.75 Å². The lowest BCUT2D eigenvalue weighted by Crippen LogP contribution is -1.97. The standard InChI is InChI=1S/C10H13ClO2S/c1-14(12)10-5-3-9(4-6-10)13-8-2-7-11/h3-6H,2,7-8H2,1H3. The maximum absolute atomic E-state index is 11.1. The quantitative estimate of drug-likeness (QED) is 0.576. The third-order valence-electron chi connectivity index (χ3n) is 1.70. The molecular weight excluding hydrogens is 220 g/mol. The summed E-state index contributed by atoms with van der Waals surface area (Å²) in [4.78, 5) is 0.815. The molecule has 1 atom stereocenters. The van der Waals surface area contributed by atoms with Crippen LogP contribution in [0.15, 0.2) is 29.2 Å². The number of hydrogen-bond donors (Lipinski definition) is 0. The molecule has 78 valence electrons. The van der Waals surface area contributed by atoms with Gasteiger partial charge in [-0.15, -0.1) is 11.6 Å². The number of ether oxygens (including phenoxy) is 1. The van der Waals surface area contributed by atoms with Crippen LogP contribution in [0.1, 0.15) is 6.42 Å². The first kappa shape index (κ1) is 11.5. The zero-order valence-electron chi connectivity index (χ0n) is 8.03. The Kier molecular flexibility index (Phi) is 4.98. The largest absolute Gasteiger partial charge is 0.494 e. The molecule has 4 heteroatoms. The average molecular weight is 233 g/mol. The maximum Gasteiger partial charge on any atom is 0.119 e. The van der Waals surface area contributed by atoms with Gasteiger partial charge in [-0.3, -0.25) is 4.21 Å². The van der Waals surface area contributed by atoms with E-state index in [2.05, 4.69) is 0 Å². The molecule has 0 aliphatic rings. The molecule has 1 unspecified atom stereocenters. The zero-order chi connectivity index (χ0) is 10.4. The van der Waals surface area contributed by atoms with Gasteiger partial charge in [-0.05, 0) is 30.7 Å². The molecule has 1 aromatic carbocycles. The van der Waals surface area contributed by atoms with Crippen LogP contribution in [-0.4, -0.2) is 23.0 Å². The molecule has 0 bridgehead atoms. The first-order valence-corrected chi connectivity index (χ1v) is 6.45. The number of hydrogen-bond acceptors (Lipinski definition) is 2. The molecule has 0 N–H and O–H groups in total. The van der Waals surface area contributed by atoms with E-state index < -0.39 is 10.8 Å². The van der Waals surface area contributed by atoms with E-state index in [4.69, 9.17) is 16.3 Å². The van der Waals surface area contributed by atoms with Crippen LogP contribution in [0.3, 0.4) is 0 Å². The van der Waals surface area contributed by atoms with Crippen LogP contribution in [0.2, 0.25) is 0 Å². The molecule has 0 aliphatic carbocycles. The Morgan fingerprint density at radius 1 is 1.36 bits per heavy atom. The number of benzene rings is 1. The van der Waals surface area contributed by atoms with Crippen molar-refractivity contribution in [1.29, 1.82) is 0 Å². The van der Waals surface area contributed by atoms with Gasteiger partial charge in [-0.2, -0.15) is 0 Å². The Hall–Kier alpha value is -0.540. The smallest absolute Gasteiger partial charge is 0.119 e. The van der Waals surface area contributed by atoms with Gasteiger partial charge < -0.3 is 4.74 Å². The lowest BCUT2D eigenvalue weighted by atomic mass is 10.3. The van der Waals surface area contributed by atoms with E-state index in [0.717, 1.165) is 17.1 Å². The van der Waals surface area contributed by atoms with Crippen molar-refractivity contribution in [2.75, 3.05) is 18.7 Å². The van der Waals surface area contributed by atoms with Gasteiger partial charge in [0.05, 0.1) is 6.61 Å². The van der Waals surface area contributed by atoms with Gasteiger partial charge in [0.1, 0.15) is 5.75 Å². The summed E-state index contributed by atoms with van der Waals surface area (Å²) in [5.41, 5.74) is 0. The first-order valence-electron chi connectivity index (χ1n) is 4.36. The molecule has 2 nitrogen and oxygen atoms in total. The van der Waals surface area contributed by atoms with Gasteiger partial charge in [0.25, 0.3) is 0 Å². The Morgan fingerprint density at radius 3 is 2.50 bits per heavy atom. The highest BCUT2D eigenvalue weighted by molar-refractivity contribution is 7.84. The van der Waals surface area contributed by atoms with Crippen LogP contribution in [-0.2, 0) is 10.8 Å². The summed E-state index contributed by atoms with van der Waals surface area (Å²) in [5.74, 6) is 1.40. The number of alkyl halides is 1. The van der Waals surface area contributed by atoms with Crippen molar-refractivity contribution in [3.8, 4) is 5.75 Å². The average Bonchev–Trinajstić information content (AvgIpc) is 2.19. The lowest BCUT2D eigenvalue weighted by Gasteiger charge is -2.04. The second-order valence-corrected chi connectivity index (χ2v) is 4.57. The summed E-state index contributed by atoms with van der Waals surface area (Å²) < 4.78 is 16.5. The second kappa shape index (κ2) is 6.04. The molecule has 0 radical (unpaired) electrons. The van der Waals surface area contributed by atoms with E-state index in [-0.39, 0.29) is 0 Å². The Labute approximate surface area is 91.7 Å². The summed E-state index contributed by atoms with van der Waals surface area (Å²) >= 11 is 5.51. The molecule has 0 spiro atoms. The summed E-state index contributed by atoms with van der Waals surface area (Å²) in [6.45, 7) is 0.623.